The van der Waals surface area contributed by atoms with E-state index < -0.39 is 0 Å². The molecule has 0 aromatic heterocycles. The lowest BCUT2D eigenvalue weighted by Crippen LogP contribution is -2.21. The zero-order valence-corrected chi connectivity index (χ0v) is 10.4. The molecule has 0 atom stereocenters. The highest BCUT2D eigenvalue weighted by Gasteiger charge is 2.22. The molecule has 1 aromatic carbocycles. The maximum absolute atomic E-state index is 3.58. The summed E-state index contributed by atoms with van der Waals surface area (Å²) in [6.07, 6.45) is 0. The minimum absolute atomic E-state index is 0.232. The van der Waals surface area contributed by atoms with E-state index in [1.54, 1.807) is 0 Å². The van der Waals surface area contributed by atoms with E-state index in [0.29, 0.717) is 0 Å². The number of alkyl halides is 1. The Morgan fingerprint density at radius 3 is 2.00 bits per heavy atom. The molecule has 1 heteroatoms. The van der Waals surface area contributed by atoms with E-state index in [9.17, 15) is 0 Å². The number of halogens is 1. The van der Waals surface area contributed by atoms with Gasteiger partial charge >= 0.3 is 0 Å². The van der Waals surface area contributed by atoms with Gasteiger partial charge in [-0.2, -0.15) is 0 Å². The van der Waals surface area contributed by atoms with Gasteiger partial charge in [0.1, 0.15) is 0 Å². The van der Waals surface area contributed by atoms with Gasteiger partial charge in [0.05, 0.1) is 0 Å². The molecule has 0 heterocycles. The fourth-order valence-electron chi connectivity index (χ4n) is 1.95. The zero-order valence-electron chi connectivity index (χ0n) is 8.82. The van der Waals surface area contributed by atoms with Crippen molar-refractivity contribution in [3.05, 3.63) is 34.9 Å². The van der Waals surface area contributed by atoms with Gasteiger partial charge in [0.15, 0.2) is 0 Å². The van der Waals surface area contributed by atoms with Crippen LogP contribution in [0.25, 0.3) is 0 Å². The zero-order chi connectivity index (χ0) is 10.1. The van der Waals surface area contributed by atoms with Crippen LogP contribution in [-0.4, -0.2) is 5.33 Å². The normalized spacial score (nSPS) is 11.8. The van der Waals surface area contributed by atoms with Gasteiger partial charge < -0.3 is 0 Å². The molecule has 0 N–H and O–H groups in total. The van der Waals surface area contributed by atoms with Crippen molar-refractivity contribution in [3.63, 3.8) is 0 Å². The first-order chi connectivity index (χ1) is 5.99. The van der Waals surface area contributed by atoms with Crippen LogP contribution < -0.4 is 0 Å². The van der Waals surface area contributed by atoms with Crippen LogP contribution in [0.5, 0.6) is 0 Å². The van der Waals surface area contributed by atoms with Crippen molar-refractivity contribution in [1.82, 2.24) is 0 Å². The summed E-state index contributed by atoms with van der Waals surface area (Å²) in [7, 11) is 0. The summed E-state index contributed by atoms with van der Waals surface area (Å²) in [6.45, 7) is 8.92. The second-order valence-electron chi connectivity index (χ2n) is 4.28. The second kappa shape index (κ2) is 3.83. The van der Waals surface area contributed by atoms with Gasteiger partial charge in [-0.05, 0) is 36.0 Å². The Kier molecular flexibility index (Phi) is 3.18. The lowest BCUT2D eigenvalue weighted by molar-refractivity contribution is 0.598. The number of aryl methyl sites for hydroxylation is 2. The molecule has 0 bridgehead atoms. The van der Waals surface area contributed by atoms with Crippen molar-refractivity contribution in [3.8, 4) is 0 Å². The van der Waals surface area contributed by atoms with E-state index in [-0.39, 0.29) is 5.41 Å². The molecule has 0 amide bonds. The summed E-state index contributed by atoms with van der Waals surface area (Å²) in [5.41, 5.74) is 4.50. The Balaban J connectivity index is 3.28. The van der Waals surface area contributed by atoms with Gasteiger partial charge in [-0.1, -0.05) is 48.0 Å². The predicted octanol–water partition coefficient (Wildman–Crippen LogP) is 3.98. The maximum atomic E-state index is 3.58. The lowest BCUT2D eigenvalue weighted by Gasteiger charge is -2.26. The van der Waals surface area contributed by atoms with Gasteiger partial charge in [0.2, 0.25) is 0 Å². The SMILES string of the molecule is Cc1cccc(C)c1C(C)(C)CBr. The van der Waals surface area contributed by atoms with Crippen LogP contribution in [0.15, 0.2) is 18.2 Å². The molecule has 0 spiro atoms. The Bertz CT molecular complexity index is 280. The Morgan fingerprint density at radius 1 is 1.15 bits per heavy atom. The van der Waals surface area contributed by atoms with Crippen molar-refractivity contribution >= 4 is 15.9 Å². The molecular formula is C12H17Br. The Hall–Kier alpha value is -0.300. The van der Waals surface area contributed by atoms with E-state index in [2.05, 4.69) is 61.8 Å². The van der Waals surface area contributed by atoms with E-state index in [1.807, 2.05) is 0 Å². The molecule has 0 unspecified atom stereocenters. The van der Waals surface area contributed by atoms with Crippen LogP contribution in [0.3, 0.4) is 0 Å². The van der Waals surface area contributed by atoms with Crippen molar-refractivity contribution in [2.45, 2.75) is 33.1 Å². The van der Waals surface area contributed by atoms with Gasteiger partial charge in [-0.15, -0.1) is 0 Å². The molecule has 72 valence electrons. The van der Waals surface area contributed by atoms with Gasteiger partial charge in [-0.25, -0.2) is 0 Å². The van der Waals surface area contributed by atoms with Crippen LogP contribution in [-0.2, 0) is 5.41 Å². The van der Waals surface area contributed by atoms with Gasteiger partial charge in [0.25, 0.3) is 0 Å². The number of rotatable bonds is 2. The average Bonchev–Trinajstić information content (AvgIpc) is 2.03. The highest BCUT2D eigenvalue weighted by Crippen LogP contribution is 2.30. The molecule has 0 radical (unpaired) electrons. The van der Waals surface area contributed by atoms with Crippen molar-refractivity contribution in [1.29, 1.82) is 0 Å². The second-order valence-corrected chi connectivity index (χ2v) is 4.85. The maximum Gasteiger partial charge on any atom is 0.0123 e. The van der Waals surface area contributed by atoms with E-state index in [0.717, 1.165) is 5.33 Å². The minimum Gasteiger partial charge on any atom is -0.0919 e. The lowest BCUT2D eigenvalue weighted by atomic mass is 9.81. The van der Waals surface area contributed by atoms with E-state index in [4.69, 9.17) is 0 Å². The summed E-state index contributed by atoms with van der Waals surface area (Å²) in [4.78, 5) is 0. The third-order valence-electron chi connectivity index (χ3n) is 2.49. The first-order valence-electron chi connectivity index (χ1n) is 4.61. The summed E-state index contributed by atoms with van der Waals surface area (Å²) in [5.74, 6) is 0. The topological polar surface area (TPSA) is 0 Å². The fourth-order valence-corrected chi connectivity index (χ4v) is 2.23. The summed E-state index contributed by atoms with van der Waals surface area (Å²) >= 11 is 3.58. The quantitative estimate of drug-likeness (QED) is 0.687. The van der Waals surface area contributed by atoms with Gasteiger partial charge in [-0.3, -0.25) is 0 Å². The van der Waals surface area contributed by atoms with Crippen LogP contribution in [0.2, 0.25) is 0 Å². The monoisotopic (exact) mass is 240 g/mol. The molecule has 0 nitrogen and oxygen atoms in total. The predicted molar refractivity (Wildman–Crippen MR) is 62.7 cm³/mol. The largest absolute Gasteiger partial charge is 0.0919 e. The van der Waals surface area contributed by atoms with Gasteiger partial charge in [0, 0.05) is 5.33 Å². The third kappa shape index (κ3) is 2.14. The average molecular weight is 241 g/mol. The highest BCUT2D eigenvalue weighted by molar-refractivity contribution is 9.09. The van der Waals surface area contributed by atoms with Crippen molar-refractivity contribution in [2.75, 3.05) is 5.33 Å². The number of benzene rings is 1. The Labute approximate surface area is 89.5 Å². The van der Waals surface area contributed by atoms with Crippen LogP contribution in [0.1, 0.15) is 30.5 Å². The van der Waals surface area contributed by atoms with Crippen molar-refractivity contribution < 1.29 is 0 Å². The standard InChI is InChI=1S/C12H17Br/c1-9-6-5-7-10(2)11(9)12(3,4)8-13/h5-7H,8H2,1-4H3. The van der Waals surface area contributed by atoms with Crippen LogP contribution in [0, 0.1) is 13.8 Å². The molecular weight excluding hydrogens is 224 g/mol. The molecule has 0 saturated carbocycles. The molecule has 0 aliphatic rings. The van der Waals surface area contributed by atoms with Crippen LogP contribution >= 0.6 is 15.9 Å². The number of hydrogen-bond donors (Lipinski definition) is 0. The first kappa shape index (κ1) is 10.8. The minimum atomic E-state index is 0.232. The first-order valence-corrected chi connectivity index (χ1v) is 5.74. The van der Waals surface area contributed by atoms with Crippen LogP contribution in [0.4, 0.5) is 0 Å². The molecule has 0 aliphatic heterocycles. The van der Waals surface area contributed by atoms with E-state index >= 15 is 0 Å². The Morgan fingerprint density at radius 2 is 1.62 bits per heavy atom. The summed E-state index contributed by atoms with van der Waals surface area (Å²) in [6, 6.07) is 6.50. The van der Waals surface area contributed by atoms with E-state index in [1.165, 1.54) is 16.7 Å². The highest BCUT2D eigenvalue weighted by atomic mass is 79.9. The molecule has 0 saturated heterocycles. The summed E-state index contributed by atoms with van der Waals surface area (Å²) < 4.78 is 0. The molecule has 1 rings (SSSR count). The number of hydrogen-bond acceptors (Lipinski definition) is 0. The molecule has 0 aliphatic carbocycles. The van der Waals surface area contributed by atoms with Crippen molar-refractivity contribution in [2.24, 2.45) is 0 Å². The summed E-state index contributed by atoms with van der Waals surface area (Å²) in [5, 5.41) is 1.01. The smallest absolute Gasteiger partial charge is 0.0123 e. The molecule has 1 aromatic rings. The fraction of sp³-hybridized carbons (Fsp3) is 0.500. The third-order valence-corrected chi connectivity index (χ3v) is 3.89. The molecule has 0 fully saturated rings. The molecule has 13 heavy (non-hydrogen) atoms.